The van der Waals surface area contributed by atoms with Crippen LogP contribution in [0.5, 0.6) is 0 Å². The van der Waals surface area contributed by atoms with Gasteiger partial charge in [-0.3, -0.25) is 4.90 Å². The molecule has 0 bridgehead atoms. The van der Waals surface area contributed by atoms with E-state index < -0.39 is 0 Å². The summed E-state index contributed by atoms with van der Waals surface area (Å²) in [6.45, 7) is 8.00. The zero-order valence-electron chi connectivity index (χ0n) is 9.05. The Kier molecular flexibility index (Phi) is 3.19. The fourth-order valence-corrected chi connectivity index (χ4v) is 2.98. The first-order chi connectivity index (χ1) is 6.79. The smallest absolute Gasteiger partial charge is 0.0928 e. The van der Waals surface area contributed by atoms with E-state index in [0.717, 1.165) is 13.0 Å². The standard InChI is InChI=1S/C11H18N2S/c1-3-11-12-9(2)10(14-11)8-13-6-4-5-7-13/h3-8H2,1-2H3. The van der Waals surface area contributed by atoms with Crippen LogP contribution < -0.4 is 0 Å². The van der Waals surface area contributed by atoms with Crippen LogP contribution in [0.4, 0.5) is 0 Å². The minimum Gasteiger partial charge on any atom is -0.298 e. The van der Waals surface area contributed by atoms with Crippen LogP contribution in [0, 0.1) is 6.92 Å². The Bertz CT molecular complexity index is 300. The molecule has 1 aliphatic heterocycles. The second kappa shape index (κ2) is 4.41. The number of hydrogen-bond donors (Lipinski definition) is 0. The number of nitrogens with zero attached hydrogens (tertiary/aromatic N) is 2. The molecule has 0 N–H and O–H groups in total. The van der Waals surface area contributed by atoms with Gasteiger partial charge in [-0.2, -0.15) is 0 Å². The van der Waals surface area contributed by atoms with Crippen LogP contribution in [0.25, 0.3) is 0 Å². The van der Waals surface area contributed by atoms with Crippen molar-refractivity contribution in [3.63, 3.8) is 0 Å². The van der Waals surface area contributed by atoms with Gasteiger partial charge in [-0.25, -0.2) is 4.98 Å². The lowest BCUT2D eigenvalue weighted by Gasteiger charge is -2.12. The molecular weight excluding hydrogens is 192 g/mol. The third-order valence-corrected chi connectivity index (χ3v) is 4.09. The second-order valence-corrected chi connectivity index (χ2v) is 5.12. The minimum atomic E-state index is 1.07. The van der Waals surface area contributed by atoms with E-state index in [4.69, 9.17) is 0 Å². The van der Waals surface area contributed by atoms with Crippen molar-refractivity contribution in [2.24, 2.45) is 0 Å². The SMILES string of the molecule is CCc1nc(C)c(CN2CCCC2)s1. The van der Waals surface area contributed by atoms with Crippen molar-refractivity contribution in [1.82, 2.24) is 9.88 Å². The van der Waals surface area contributed by atoms with Gasteiger partial charge in [0.1, 0.15) is 0 Å². The van der Waals surface area contributed by atoms with Crippen LogP contribution in [0.1, 0.15) is 35.3 Å². The highest BCUT2D eigenvalue weighted by Crippen LogP contribution is 2.22. The molecule has 0 saturated carbocycles. The largest absolute Gasteiger partial charge is 0.298 e. The van der Waals surface area contributed by atoms with Crippen molar-refractivity contribution in [2.75, 3.05) is 13.1 Å². The van der Waals surface area contributed by atoms with Gasteiger partial charge in [0.15, 0.2) is 0 Å². The molecular formula is C11H18N2S. The number of likely N-dealkylation sites (tertiary alicyclic amines) is 1. The first-order valence-electron chi connectivity index (χ1n) is 5.47. The predicted octanol–water partition coefficient (Wildman–Crippen LogP) is 2.61. The molecule has 0 aromatic carbocycles. The fraction of sp³-hybridized carbons (Fsp3) is 0.727. The summed E-state index contributed by atoms with van der Waals surface area (Å²) in [6, 6.07) is 0. The van der Waals surface area contributed by atoms with Crippen molar-refractivity contribution < 1.29 is 0 Å². The summed E-state index contributed by atoms with van der Waals surface area (Å²) in [4.78, 5) is 8.58. The molecule has 0 amide bonds. The van der Waals surface area contributed by atoms with E-state index in [1.54, 1.807) is 0 Å². The van der Waals surface area contributed by atoms with Crippen molar-refractivity contribution in [3.8, 4) is 0 Å². The molecule has 0 spiro atoms. The average Bonchev–Trinajstić information content (AvgIpc) is 2.78. The summed E-state index contributed by atoms with van der Waals surface area (Å²) < 4.78 is 0. The van der Waals surface area contributed by atoms with Gasteiger partial charge in [-0.05, 0) is 39.3 Å². The molecule has 3 heteroatoms. The lowest BCUT2D eigenvalue weighted by Crippen LogP contribution is -2.18. The molecule has 1 aliphatic rings. The molecule has 1 aromatic heterocycles. The van der Waals surface area contributed by atoms with E-state index in [1.165, 1.54) is 41.5 Å². The molecule has 2 rings (SSSR count). The molecule has 0 atom stereocenters. The summed E-state index contributed by atoms with van der Waals surface area (Å²) >= 11 is 1.89. The van der Waals surface area contributed by atoms with Gasteiger partial charge >= 0.3 is 0 Å². The Balaban J connectivity index is 2.03. The Morgan fingerprint density at radius 3 is 2.64 bits per heavy atom. The van der Waals surface area contributed by atoms with Gasteiger partial charge in [0.2, 0.25) is 0 Å². The first-order valence-corrected chi connectivity index (χ1v) is 6.28. The van der Waals surface area contributed by atoms with Crippen LogP contribution in [-0.4, -0.2) is 23.0 Å². The minimum absolute atomic E-state index is 1.07. The quantitative estimate of drug-likeness (QED) is 0.762. The molecule has 0 unspecified atom stereocenters. The number of hydrogen-bond acceptors (Lipinski definition) is 3. The molecule has 78 valence electrons. The monoisotopic (exact) mass is 210 g/mol. The highest BCUT2D eigenvalue weighted by Gasteiger charge is 2.14. The summed E-state index contributed by atoms with van der Waals surface area (Å²) in [5, 5.41) is 1.29. The van der Waals surface area contributed by atoms with Crippen molar-refractivity contribution in [1.29, 1.82) is 0 Å². The third-order valence-electron chi connectivity index (χ3n) is 2.81. The van der Waals surface area contributed by atoms with Gasteiger partial charge in [0.05, 0.1) is 10.7 Å². The summed E-state index contributed by atoms with van der Waals surface area (Å²) in [5.41, 5.74) is 1.25. The lowest BCUT2D eigenvalue weighted by molar-refractivity contribution is 0.333. The fourth-order valence-electron chi connectivity index (χ4n) is 1.93. The zero-order valence-corrected chi connectivity index (χ0v) is 9.86. The van der Waals surface area contributed by atoms with E-state index in [9.17, 15) is 0 Å². The van der Waals surface area contributed by atoms with Crippen molar-refractivity contribution in [2.45, 2.75) is 39.7 Å². The van der Waals surface area contributed by atoms with Gasteiger partial charge in [0.25, 0.3) is 0 Å². The van der Waals surface area contributed by atoms with Crippen LogP contribution in [0.15, 0.2) is 0 Å². The normalized spacial score (nSPS) is 17.9. The summed E-state index contributed by atoms with van der Waals surface area (Å²) in [7, 11) is 0. The first kappa shape index (κ1) is 10.1. The molecule has 1 fully saturated rings. The number of aromatic nitrogens is 1. The van der Waals surface area contributed by atoms with Gasteiger partial charge in [0, 0.05) is 11.4 Å². The zero-order chi connectivity index (χ0) is 9.97. The Labute approximate surface area is 90.0 Å². The number of rotatable bonds is 3. The average molecular weight is 210 g/mol. The van der Waals surface area contributed by atoms with Gasteiger partial charge in [-0.1, -0.05) is 6.92 Å². The molecule has 2 nitrogen and oxygen atoms in total. The van der Waals surface area contributed by atoms with E-state index in [2.05, 4.69) is 23.7 Å². The summed E-state index contributed by atoms with van der Waals surface area (Å²) in [5.74, 6) is 0. The van der Waals surface area contributed by atoms with Crippen molar-refractivity contribution in [3.05, 3.63) is 15.6 Å². The maximum atomic E-state index is 4.56. The maximum Gasteiger partial charge on any atom is 0.0928 e. The van der Waals surface area contributed by atoms with Crippen LogP contribution in [0.2, 0.25) is 0 Å². The van der Waals surface area contributed by atoms with E-state index in [0.29, 0.717) is 0 Å². The number of thiazole rings is 1. The molecule has 1 saturated heterocycles. The van der Waals surface area contributed by atoms with Crippen LogP contribution in [-0.2, 0) is 13.0 Å². The molecule has 0 radical (unpaired) electrons. The Morgan fingerprint density at radius 2 is 2.07 bits per heavy atom. The molecule has 2 heterocycles. The van der Waals surface area contributed by atoms with Crippen molar-refractivity contribution >= 4 is 11.3 Å². The van der Waals surface area contributed by atoms with Crippen LogP contribution in [0.3, 0.4) is 0 Å². The second-order valence-electron chi connectivity index (χ2n) is 3.95. The van der Waals surface area contributed by atoms with Gasteiger partial charge < -0.3 is 0 Å². The lowest BCUT2D eigenvalue weighted by atomic mass is 10.3. The highest BCUT2D eigenvalue weighted by molar-refractivity contribution is 7.11. The Morgan fingerprint density at radius 1 is 1.36 bits per heavy atom. The number of aryl methyl sites for hydroxylation is 2. The Hall–Kier alpha value is -0.410. The third kappa shape index (κ3) is 2.15. The summed E-state index contributed by atoms with van der Waals surface area (Å²) in [6.07, 6.45) is 3.82. The van der Waals surface area contributed by atoms with Crippen LogP contribution >= 0.6 is 11.3 Å². The van der Waals surface area contributed by atoms with E-state index in [1.807, 2.05) is 11.3 Å². The molecule has 1 aromatic rings. The highest BCUT2D eigenvalue weighted by atomic mass is 32.1. The molecule has 0 aliphatic carbocycles. The maximum absolute atomic E-state index is 4.56. The molecule has 14 heavy (non-hydrogen) atoms. The van der Waals surface area contributed by atoms with E-state index >= 15 is 0 Å². The topological polar surface area (TPSA) is 16.1 Å². The van der Waals surface area contributed by atoms with E-state index in [-0.39, 0.29) is 0 Å². The van der Waals surface area contributed by atoms with Gasteiger partial charge in [-0.15, -0.1) is 11.3 Å². The predicted molar refractivity (Wildman–Crippen MR) is 60.7 cm³/mol.